The van der Waals surface area contributed by atoms with Gasteiger partial charge in [0, 0.05) is 24.6 Å². The molecule has 1 amide bonds. The fourth-order valence-corrected chi connectivity index (χ4v) is 5.23. The van der Waals surface area contributed by atoms with Gasteiger partial charge in [-0.3, -0.25) is 9.78 Å². The van der Waals surface area contributed by atoms with Crippen LogP contribution in [0.2, 0.25) is 0 Å². The van der Waals surface area contributed by atoms with Gasteiger partial charge in [-0.25, -0.2) is 9.79 Å². The molecular weight excluding hydrogens is 460 g/mol. The van der Waals surface area contributed by atoms with Gasteiger partial charge in [0.05, 0.1) is 29.8 Å². The number of allylic oxidation sites excluding steroid dienone is 1. The van der Waals surface area contributed by atoms with Gasteiger partial charge in [-0.05, 0) is 62.8 Å². The molecule has 0 bridgehead atoms. The Hall–Kier alpha value is -3.39. The molecule has 1 atom stereocenters. The molecule has 182 valence electrons. The van der Waals surface area contributed by atoms with E-state index in [9.17, 15) is 9.59 Å². The number of nitrogens with zero attached hydrogens (tertiary/aromatic N) is 3. The smallest absolute Gasteiger partial charge is 0.338 e. The summed E-state index contributed by atoms with van der Waals surface area (Å²) >= 11 is 1.47. The van der Waals surface area contributed by atoms with Crippen molar-refractivity contribution in [3.05, 3.63) is 87.4 Å². The maximum Gasteiger partial charge on any atom is 0.338 e. The highest BCUT2D eigenvalue weighted by atomic mass is 32.2. The number of rotatable bonds is 7. The quantitative estimate of drug-likeness (QED) is 0.554. The molecule has 0 fully saturated rings. The van der Waals surface area contributed by atoms with Crippen LogP contribution in [0.25, 0.3) is 0 Å². The van der Waals surface area contributed by atoms with Crippen LogP contribution in [0, 0.1) is 13.8 Å². The fraction of sp³-hybridized carbons (Fsp3) is 0.333. The number of aromatic nitrogens is 1. The third kappa shape index (κ3) is 5.48. The first-order valence-electron chi connectivity index (χ1n) is 11.6. The highest BCUT2D eigenvalue weighted by Crippen LogP contribution is 2.45. The summed E-state index contributed by atoms with van der Waals surface area (Å²) in [6.45, 7) is 10.0. The Morgan fingerprint density at radius 2 is 2.00 bits per heavy atom. The molecule has 2 aliphatic heterocycles. The summed E-state index contributed by atoms with van der Waals surface area (Å²) in [6, 6.07) is 9.54. The molecule has 4 rings (SSSR count). The summed E-state index contributed by atoms with van der Waals surface area (Å²) < 4.78 is 5.62. The molecule has 2 aliphatic rings. The Labute approximate surface area is 210 Å². The molecule has 0 spiro atoms. The molecule has 0 saturated carbocycles. The molecule has 0 aliphatic carbocycles. The van der Waals surface area contributed by atoms with Crippen molar-refractivity contribution >= 4 is 28.8 Å². The Bertz CT molecular complexity index is 1230. The molecule has 3 heterocycles. The molecule has 1 aromatic heterocycles. The van der Waals surface area contributed by atoms with E-state index in [2.05, 4.69) is 22.4 Å². The topological polar surface area (TPSA) is 83.9 Å². The average Bonchev–Trinajstić information content (AvgIpc) is 3.19. The number of ether oxygens (including phenoxy) is 1. The van der Waals surface area contributed by atoms with Crippen molar-refractivity contribution in [2.75, 3.05) is 0 Å². The summed E-state index contributed by atoms with van der Waals surface area (Å²) in [4.78, 5) is 37.0. The van der Waals surface area contributed by atoms with Gasteiger partial charge in [0.25, 0.3) is 0 Å². The third-order valence-electron chi connectivity index (χ3n) is 5.84. The number of benzene rings is 1. The molecule has 1 aromatic carbocycles. The van der Waals surface area contributed by atoms with Crippen molar-refractivity contribution in [3.63, 3.8) is 0 Å². The number of nitrogens with one attached hydrogen (secondary N) is 1. The zero-order chi connectivity index (χ0) is 25.1. The number of amides is 1. The lowest BCUT2D eigenvalue weighted by Crippen LogP contribution is -2.38. The van der Waals surface area contributed by atoms with E-state index in [-0.39, 0.29) is 24.4 Å². The lowest BCUT2D eigenvalue weighted by molar-refractivity contribution is -0.143. The minimum absolute atomic E-state index is 0.112. The number of amidine groups is 1. The highest BCUT2D eigenvalue weighted by molar-refractivity contribution is 8.16. The average molecular weight is 491 g/mol. The van der Waals surface area contributed by atoms with Crippen molar-refractivity contribution in [2.45, 2.75) is 59.7 Å². The number of hydrogen-bond donors (Lipinski definition) is 1. The third-order valence-corrected chi connectivity index (χ3v) is 6.73. The van der Waals surface area contributed by atoms with Crippen molar-refractivity contribution in [1.29, 1.82) is 0 Å². The number of esters is 1. The predicted molar refractivity (Wildman–Crippen MR) is 138 cm³/mol. The minimum atomic E-state index is -0.429. The molecule has 1 N–H and O–H groups in total. The SMILES string of the molecule is CC1=C(C(=O)OC(C)C)[C@H](c2ccc(C)cc2C)N2C(CC(=O)NCc3cccnc3)=CSC2=N1. The van der Waals surface area contributed by atoms with Crippen LogP contribution in [0.15, 0.2) is 70.1 Å². The van der Waals surface area contributed by atoms with E-state index >= 15 is 0 Å². The lowest BCUT2D eigenvalue weighted by atomic mass is 9.90. The van der Waals surface area contributed by atoms with Gasteiger partial charge in [0.2, 0.25) is 5.91 Å². The summed E-state index contributed by atoms with van der Waals surface area (Å²) in [5.74, 6) is -0.499. The first kappa shape index (κ1) is 24.7. The zero-order valence-electron chi connectivity index (χ0n) is 20.7. The van der Waals surface area contributed by atoms with Gasteiger partial charge >= 0.3 is 5.97 Å². The maximum atomic E-state index is 13.3. The molecular formula is C27H30N4O3S. The van der Waals surface area contributed by atoms with Gasteiger partial charge in [-0.1, -0.05) is 41.6 Å². The largest absolute Gasteiger partial charge is 0.459 e. The summed E-state index contributed by atoms with van der Waals surface area (Å²) in [6.07, 6.45) is 3.35. The van der Waals surface area contributed by atoms with Gasteiger partial charge < -0.3 is 15.0 Å². The number of pyridine rings is 1. The van der Waals surface area contributed by atoms with E-state index in [0.717, 1.165) is 33.1 Å². The van der Waals surface area contributed by atoms with Crippen LogP contribution in [-0.2, 0) is 20.9 Å². The normalized spacial score (nSPS) is 17.2. The molecule has 35 heavy (non-hydrogen) atoms. The number of aliphatic imine (C=N–C) groups is 1. The fourth-order valence-electron chi connectivity index (χ4n) is 4.27. The summed E-state index contributed by atoms with van der Waals surface area (Å²) in [5, 5.41) is 5.67. The number of aryl methyl sites for hydroxylation is 2. The van der Waals surface area contributed by atoms with E-state index in [4.69, 9.17) is 9.73 Å². The molecule has 0 radical (unpaired) electrons. The Morgan fingerprint density at radius 1 is 1.20 bits per heavy atom. The van der Waals surface area contributed by atoms with Gasteiger partial charge in [-0.2, -0.15) is 0 Å². The predicted octanol–water partition coefficient (Wildman–Crippen LogP) is 4.93. The molecule has 0 unspecified atom stereocenters. The van der Waals surface area contributed by atoms with Crippen LogP contribution in [0.3, 0.4) is 0 Å². The molecule has 0 saturated heterocycles. The van der Waals surface area contributed by atoms with E-state index < -0.39 is 6.04 Å². The zero-order valence-corrected chi connectivity index (χ0v) is 21.5. The van der Waals surface area contributed by atoms with Crippen LogP contribution in [-0.4, -0.2) is 33.0 Å². The molecule has 8 heteroatoms. The highest BCUT2D eigenvalue weighted by Gasteiger charge is 2.41. The first-order valence-corrected chi connectivity index (χ1v) is 12.5. The molecule has 2 aromatic rings. The molecule has 7 nitrogen and oxygen atoms in total. The van der Waals surface area contributed by atoms with Crippen LogP contribution >= 0.6 is 11.8 Å². The van der Waals surface area contributed by atoms with Gasteiger partial charge in [-0.15, -0.1) is 0 Å². The van der Waals surface area contributed by atoms with Crippen molar-refractivity contribution in [1.82, 2.24) is 15.2 Å². The second-order valence-corrected chi connectivity index (χ2v) is 9.86. The van der Waals surface area contributed by atoms with E-state index in [0.29, 0.717) is 17.8 Å². The minimum Gasteiger partial charge on any atom is -0.459 e. The van der Waals surface area contributed by atoms with E-state index in [1.54, 1.807) is 12.4 Å². The van der Waals surface area contributed by atoms with Crippen LogP contribution in [0.1, 0.15) is 55.5 Å². The van der Waals surface area contributed by atoms with Crippen molar-refractivity contribution in [3.8, 4) is 0 Å². The van der Waals surface area contributed by atoms with E-state index in [1.165, 1.54) is 11.8 Å². The number of carbonyl (C=O) groups is 2. The van der Waals surface area contributed by atoms with Crippen LogP contribution in [0.4, 0.5) is 0 Å². The first-order chi connectivity index (χ1) is 16.7. The maximum absolute atomic E-state index is 13.3. The summed E-state index contributed by atoms with van der Waals surface area (Å²) in [5.41, 5.74) is 6.06. The van der Waals surface area contributed by atoms with Gasteiger partial charge in [0.1, 0.15) is 0 Å². The Balaban J connectivity index is 1.65. The van der Waals surface area contributed by atoms with Crippen molar-refractivity contribution in [2.24, 2.45) is 4.99 Å². The van der Waals surface area contributed by atoms with Crippen molar-refractivity contribution < 1.29 is 14.3 Å². The Kier molecular flexibility index (Phi) is 7.40. The second-order valence-electron chi connectivity index (χ2n) is 9.02. The van der Waals surface area contributed by atoms with Crippen LogP contribution in [0.5, 0.6) is 0 Å². The van der Waals surface area contributed by atoms with E-state index in [1.807, 2.05) is 63.1 Å². The number of carbonyl (C=O) groups excluding carboxylic acids is 2. The van der Waals surface area contributed by atoms with Gasteiger partial charge in [0.15, 0.2) is 5.17 Å². The lowest BCUT2D eigenvalue weighted by Gasteiger charge is -2.37. The second kappa shape index (κ2) is 10.5. The number of fused-ring (bicyclic) bond motifs is 1. The monoisotopic (exact) mass is 490 g/mol. The summed E-state index contributed by atoms with van der Waals surface area (Å²) in [7, 11) is 0. The number of thioether (sulfide) groups is 1. The standard InChI is InChI=1S/C27H30N4O3S/c1-16(2)34-26(33)24-19(5)30-27-31(25(24)22-9-8-17(3)11-18(22)4)21(15-35-27)12-23(32)29-14-20-7-6-10-28-13-20/h6-11,13,15-16,25H,12,14H2,1-5H3,(H,29,32)/t25-/m0/s1. The van der Waals surface area contributed by atoms with Crippen LogP contribution < -0.4 is 5.32 Å². The number of hydrogen-bond acceptors (Lipinski definition) is 7. The Morgan fingerprint density at radius 3 is 2.69 bits per heavy atom.